The van der Waals surface area contributed by atoms with Crippen molar-refractivity contribution in [2.24, 2.45) is 0 Å². The second kappa shape index (κ2) is 11.4. The maximum atomic E-state index is 6.35. The molecule has 1 N–H and O–H groups in total. The van der Waals surface area contributed by atoms with Gasteiger partial charge < -0.3 is 15.1 Å². The van der Waals surface area contributed by atoms with Crippen LogP contribution in [0, 0.1) is 13.8 Å². The lowest BCUT2D eigenvalue weighted by molar-refractivity contribution is 0.359. The predicted molar refractivity (Wildman–Crippen MR) is 132 cm³/mol. The third-order valence-corrected chi connectivity index (χ3v) is 6.16. The van der Waals surface area contributed by atoms with Gasteiger partial charge in [-0.2, -0.15) is 0 Å². The Hall–Kier alpha value is -1.04. The molecule has 0 aliphatic carbocycles. The van der Waals surface area contributed by atoms with Crippen molar-refractivity contribution >= 4 is 57.8 Å². The Kier molecular flexibility index (Phi) is 9.51. The largest absolute Gasteiger partial charge is 0.345 e. The number of nitrogens with one attached hydrogen (secondary N) is 1. The number of benzene rings is 2. The Balaban J connectivity index is 2.16. The van der Waals surface area contributed by atoms with Gasteiger partial charge in [-0.25, -0.2) is 0 Å². The van der Waals surface area contributed by atoms with Crippen LogP contribution in [0.4, 0.5) is 5.69 Å². The molecule has 0 aromatic heterocycles. The van der Waals surface area contributed by atoms with E-state index in [1.54, 1.807) is 12.1 Å². The predicted octanol–water partition coefficient (Wildman–Crippen LogP) is 6.80. The van der Waals surface area contributed by atoms with Crippen LogP contribution in [0.1, 0.15) is 29.5 Å². The third kappa shape index (κ3) is 7.62. The van der Waals surface area contributed by atoms with Crippen LogP contribution in [-0.2, 0) is 6.54 Å². The Morgan fingerprint density at radius 3 is 2.17 bits per heavy atom. The van der Waals surface area contributed by atoms with Crippen molar-refractivity contribution in [3.8, 4) is 0 Å². The average Bonchev–Trinajstić information content (AvgIpc) is 2.63. The van der Waals surface area contributed by atoms with E-state index in [1.165, 1.54) is 16.7 Å². The molecule has 0 unspecified atom stereocenters. The summed E-state index contributed by atoms with van der Waals surface area (Å²) in [4.78, 5) is 4.37. The zero-order chi connectivity index (χ0) is 21.6. The lowest BCUT2D eigenvalue weighted by Crippen LogP contribution is -2.35. The number of unbranched alkanes of at least 4 members (excludes halogenated alkanes) is 1. The summed E-state index contributed by atoms with van der Waals surface area (Å²) in [5.41, 5.74) is 4.39. The van der Waals surface area contributed by atoms with E-state index in [9.17, 15) is 0 Å². The summed E-state index contributed by atoms with van der Waals surface area (Å²) >= 11 is 24.3. The molecule has 0 heterocycles. The Bertz CT molecular complexity index is 835. The van der Waals surface area contributed by atoms with Gasteiger partial charge in [-0.1, -0.05) is 64.1 Å². The third-order valence-electron chi connectivity index (χ3n) is 4.50. The maximum Gasteiger partial charge on any atom is 0.173 e. The summed E-state index contributed by atoms with van der Waals surface area (Å²) in [7, 11) is 4.18. The van der Waals surface area contributed by atoms with Gasteiger partial charge in [-0.15, -0.1) is 0 Å². The van der Waals surface area contributed by atoms with E-state index in [1.807, 2.05) is 0 Å². The zero-order valence-electron chi connectivity index (χ0n) is 17.4. The van der Waals surface area contributed by atoms with Crippen molar-refractivity contribution in [1.29, 1.82) is 0 Å². The molecule has 158 valence electrons. The van der Waals surface area contributed by atoms with E-state index in [-0.39, 0.29) is 0 Å². The molecule has 29 heavy (non-hydrogen) atoms. The van der Waals surface area contributed by atoms with Gasteiger partial charge >= 0.3 is 0 Å². The molecule has 2 aromatic carbocycles. The molecule has 0 amide bonds. The van der Waals surface area contributed by atoms with Crippen LogP contribution >= 0.6 is 47.0 Å². The first kappa shape index (κ1) is 24.2. The van der Waals surface area contributed by atoms with E-state index >= 15 is 0 Å². The van der Waals surface area contributed by atoms with Crippen molar-refractivity contribution in [3.05, 3.63) is 62.1 Å². The van der Waals surface area contributed by atoms with Crippen LogP contribution in [0.2, 0.25) is 15.1 Å². The number of rotatable bonds is 8. The van der Waals surface area contributed by atoms with Crippen LogP contribution in [0.25, 0.3) is 0 Å². The summed E-state index contributed by atoms with van der Waals surface area (Å²) in [6.45, 7) is 6.87. The molecule has 0 spiro atoms. The smallest absolute Gasteiger partial charge is 0.173 e. The van der Waals surface area contributed by atoms with E-state index in [0.29, 0.717) is 25.9 Å². The van der Waals surface area contributed by atoms with Crippen molar-refractivity contribution in [2.45, 2.75) is 33.2 Å². The molecule has 0 aliphatic heterocycles. The van der Waals surface area contributed by atoms with Gasteiger partial charge in [-0.05, 0) is 77.2 Å². The van der Waals surface area contributed by atoms with E-state index in [0.717, 1.165) is 32.5 Å². The van der Waals surface area contributed by atoms with E-state index < -0.39 is 0 Å². The zero-order valence-corrected chi connectivity index (χ0v) is 20.4. The second-order valence-corrected chi connectivity index (χ2v) is 9.13. The highest BCUT2D eigenvalue weighted by molar-refractivity contribution is 7.80. The van der Waals surface area contributed by atoms with Crippen LogP contribution in [0.3, 0.4) is 0 Å². The molecule has 0 saturated heterocycles. The Labute approximate surface area is 194 Å². The first-order chi connectivity index (χ1) is 13.7. The molecule has 2 aromatic rings. The van der Waals surface area contributed by atoms with Crippen molar-refractivity contribution in [2.75, 3.05) is 32.5 Å². The molecule has 0 fully saturated rings. The number of hydrogen-bond acceptors (Lipinski definition) is 2. The van der Waals surface area contributed by atoms with Crippen LogP contribution in [-0.4, -0.2) is 42.1 Å². The van der Waals surface area contributed by atoms with Gasteiger partial charge in [0.2, 0.25) is 0 Å². The molecule has 0 radical (unpaired) electrons. The molecule has 0 aliphatic rings. The minimum Gasteiger partial charge on any atom is -0.345 e. The normalized spacial score (nSPS) is 11.0. The van der Waals surface area contributed by atoms with Gasteiger partial charge in [-0.3, -0.25) is 0 Å². The van der Waals surface area contributed by atoms with Crippen LogP contribution in [0.15, 0.2) is 30.3 Å². The van der Waals surface area contributed by atoms with Crippen molar-refractivity contribution < 1.29 is 0 Å². The molecule has 2 rings (SSSR count). The summed E-state index contributed by atoms with van der Waals surface area (Å²) in [6.07, 6.45) is 2.15. The summed E-state index contributed by atoms with van der Waals surface area (Å²) in [6, 6.07) is 10.1. The van der Waals surface area contributed by atoms with Gasteiger partial charge in [0.15, 0.2) is 5.11 Å². The van der Waals surface area contributed by atoms with Crippen LogP contribution in [0.5, 0.6) is 0 Å². The number of halogens is 3. The first-order valence-corrected chi connectivity index (χ1v) is 11.1. The highest BCUT2D eigenvalue weighted by Crippen LogP contribution is 2.35. The van der Waals surface area contributed by atoms with Gasteiger partial charge in [0.05, 0.1) is 20.8 Å². The molecule has 0 atom stereocenters. The number of hydrogen-bond donors (Lipinski definition) is 1. The molecule has 3 nitrogen and oxygen atoms in total. The van der Waals surface area contributed by atoms with E-state index in [4.69, 9.17) is 47.0 Å². The standard InChI is InChI=1S/C22H28Cl3N3S/c1-15-11-16(2)13-17(12-15)14-28(10-6-5-9-27(3)4)22(29)26-19-8-7-18(23)20(24)21(19)25/h7-8,11-13H,5-6,9-10,14H2,1-4H3,(H,26,29). The molecule has 0 saturated carbocycles. The molecular formula is C22H28Cl3N3S. The maximum absolute atomic E-state index is 6.35. The van der Waals surface area contributed by atoms with Gasteiger partial charge in [0.25, 0.3) is 0 Å². The lowest BCUT2D eigenvalue weighted by Gasteiger charge is -2.27. The van der Waals surface area contributed by atoms with Gasteiger partial charge in [0, 0.05) is 13.1 Å². The molecular weight excluding hydrogens is 445 g/mol. The average molecular weight is 473 g/mol. The van der Waals surface area contributed by atoms with Crippen molar-refractivity contribution in [3.63, 3.8) is 0 Å². The van der Waals surface area contributed by atoms with Crippen LogP contribution < -0.4 is 5.32 Å². The minimum atomic E-state index is 0.327. The van der Waals surface area contributed by atoms with Gasteiger partial charge in [0.1, 0.15) is 0 Å². The number of thiocarbonyl (C=S) groups is 1. The molecule has 7 heteroatoms. The summed E-state index contributed by atoms with van der Waals surface area (Å²) < 4.78 is 0. The van der Waals surface area contributed by atoms with Crippen molar-refractivity contribution in [1.82, 2.24) is 9.80 Å². The minimum absolute atomic E-state index is 0.327. The SMILES string of the molecule is Cc1cc(C)cc(CN(CCCCN(C)C)C(=S)Nc2ccc(Cl)c(Cl)c2Cl)c1. The fourth-order valence-electron chi connectivity index (χ4n) is 3.18. The Morgan fingerprint density at radius 2 is 1.55 bits per heavy atom. The highest BCUT2D eigenvalue weighted by Gasteiger charge is 2.15. The number of aryl methyl sites for hydroxylation is 2. The fourth-order valence-corrected chi connectivity index (χ4v) is 4.03. The number of nitrogens with zero attached hydrogens (tertiary/aromatic N) is 2. The monoisotopic (exact) mass is 471 g/mol. The van der Waals surface area contributed by atoms with E-state index in [2.05, 4.69) is 61.3 Å². The summed E-state index contributed by atoms with van der Waals surface area (Å²) in [5, 5.41) is 4.99. The lowest BCUT2D eigenvalue weighted by atomic mass is 10.1. The molecule has 0 bridgehead atoms. The highest BCUT2D eigenvalue weighted by atomic mass is 35.5. The summed E-state index contributed by atoms with van der Waals surface area (Å²) in [5.74, 6) is 0. The quantitative estimate of drug-likeness (QED) is 0.258. The second-order valence-electron chi connectivity index (χ2n) is 7.58. The topological polar surface area (TPSA) is 18.5 Å². The number of anilines is 1. The Morgan fingerprint density at radius 1 is 0.931 bits per heavy atom. The fraction of sp³-hybridized carbons (Fsp3) is 0.409. The first-order valence-electron chi connectivity index (χ1n) is 9.58.